The van der Waals surface area contributed by atoms with Gasteiger partial charge in [-0.15, -0.1) is 11.8 Å². The Balaban J connectivity index is 1.65. The summed E-state index contributed by atoms with van der Waals surface area (Å²) in [5.74, 6) is -0.970. The Morgan fingerprint density at radius 1 is 1.08 bits per heavy atom. The molecule has 1 aromatic rings. The van der Waals surface area contributed by atoms with Crippen molar-refractivity contribution in [2.24, 2.45) is 5.92 Å². The van der Waals surface area contributed by atoms with Crippen LogP contribution in [0, 0.1) is 12.8 Å². The largest absolute Gasteiger partial charge is 0.481 e. The molecule has 1 aromatic carbocycles. The van der Waals surface area contributed by atoms with Gasteiger partial charge in [0.2, 0.25) is 0 Å². The predicted molar refractivity (Wildman–Crippen MR) is 100 cm³/mol. The third-order valence-corrected chi connectivity index (χ3v) is 6.80. The molecule has 2 N–H and O–H groups in total. The fourth-order valence-electron chi connectivity index (χ4n) is 3.86. The molecule has 136 valence electrons. The molecule has 5 heteroatoms. The van der Waals surface area contributed by atoms with Crippen LogP contribution in [0.2, 0.25) is 0 Å². The molecule has 25 heavy (non-hydrogen) atoms. The Morgan fingerprint density at radius 2 is 1.76 bits per heavy atom. The fraction of sp³-hybridized carbons (Fsp3) is 0.600. The lowest BCUT2D eigenvalue weighted by molar-refractivity contribution is -0.142. The molecule has 1 amide bonds. The van der Waals surface area contributed by atoms with E-state index in [1.165, 1.54) is 25.7 Å². The van der Waals surface area contributed by atoms with E-state index < -0.39 is 5.97 Å². The van der Waals surface area contributed by atoms with Crippen LogP contribution in [-0.4, -0.2) is 28.3 Å². The van der Waals surface area contributed by atoms with Gasteiger partial charge in [-0.25, -0.2) is 0 Å². The number of carbonyl (C=O) groups excluding carboxylic acids is 1. The molecular weight excluding hydrogens is 334 g/mol. The molecule has 0 aromatic heterocycles. The Hall–Kier alpha value is -1.49. The van der Waals surface area contributed by atoms with Crippen molar-refractivity contribution in [3.8, 4) is 0 Å². The zero-order valence-corrected chi connectivity index (χ0v) is 15.6. The molecule has 2 aliphatic carbocycles. The molecule has 0 spiro atoms. The first-order valence-corrected chi connectivity index (χ1v) is 10.2. The Morgan fingerprint density at radius 3 is 2.40 bits per heavy atom. The molecule has 0 unspecified atom stereocenters. The maximum absolute atomic E-state index is 12.8. The topological polar surface area (TPSA) is 66.4 Å². The Kier molecular flexibility index (Phi) is 6.05. The van der Waals surface area contributed by atoms with E-state index in [0.29, 0.717) is 18.1 Å². The summed E-state index contributed by atoms with van der Waals surface area (Å²) >= 11 is 1.84. The number of benzene rings is 1. The van der Waals surface area contributed by atoms with Crippen LogP contribution in [0.4, 0.5) is 0 Å². The molecule has 3 rings (SSSR count). The smallest absolute Gasteiger partial charge is 0.306 e. The lowest BCUT2D eigenvalue weighted by Crippen LogP contribution is -2.39. The van der Waals surface area contributed by atoms with E-state index in [0.717, 1.165) is 28.9 Å². The van der Waals surface area contributed by atoms with E-state index in [4.69, 9.17) is 5.11 Å². The van der Waals surface area contributed by atoms with E-state index >= 15 is 0 Å². The summed E-state index contributed by atoms with van der Waals surface area (Å²) in [5.41, 5.74) is 1.87. The van der Waals surface area contributed by atoms with Crippen LogP contribution in [0.3, 0.4) is 0 Å². The second-order valence-corrected chi connectivity index (χ2v) is 8.73. The Labute approximate surface area is 153 Å². The standard InChI is InChI=1S/C20H27NO3S/c1-13-6-11-18(25-16-4-2-3-5-16)17(12-13)19(22)21-15-9-7-14(8-10-15)20(23)24/h6,11-12,14-16H,2-5,7-10H2,1H3,(H,21,22)(H,23,24). The van der Waals surface area contributed by atoms with Crippen LogP contribution in [-0.2, 0) is 4.79 Å². The van der Waals surface area contributed by atoms with E-state index in [9.17, 15) is 9.59 Å². The number of thioether (sulfide) groups is 1. The van der Waals surface area contributed by atoms with Gasteiger partial charge in [-0.3, -0.25) is 9.59 Å². The zero-order valence-electron chi connectivity index (χ0n) is 14.8. The minimum atomic E-state index is -0.710. The van der Waals surface area contributed by atoms with E-state index in [2.05, 4.69) is 17.4 Å². The summed E-state index contributed by atoms with van der Waals surface area (Å²) in [6.07, 6.45) is 7.85. The first-order chi connectivity index (χ1) is 12.0. The van der Waals surface area contributed by atoms with Gasteiger partial charge < -0.3 is 10.4 Å². The number of aryl methyl sites for hydroxylation is 1. The maximum atomic E-state index is 12.8. The van der Waals surface area contributed by atoms with Gasteiger partial charge in [-0.2, -0.15) is 0 Å². The lowest BCUT2D eigenvalue weighted by Gasteiger charge is -2.27. The maximum Gasteiger partial charge on any atom is 0.306 e. The highest BCUT2D eigenvalue weighted by Crippen LogP contribution is 2.36. The highest BCUT2D eigenvalue weighted by Gasteiger charge is 2.27. The quantitative estimate of drug-likeness (QED) is 0.815. The number of amides is 1. The Bertz CT molecular complexity index is 632. The van der Waals surface area contributed by atoms with Crippen LogP contribution in [0.5, 0.6) is 0 Å². The van der Waals surface area contributed by atoms with Crippen LogP contribution < -0.4 is 5.32 Å². The number of carbonyl (C=O) groups is 2. The normalized spacial score (nSPS) is 24.2. The monoisotopic (exact) mass is 361 g/mol. The van der Waals surface area contributed by atoms with E-state index in [1.54, 1.807) is 0 Å². The van der Waals surface area contributed by atoms with Gasteiger partial charge in [0.1, 0.15) is 0 Å². The molecule has 2 saturated carbocycles. The minimum absolute atomic E-state index is 0.0111. The number of carboxylic acids is 1. The predicted octanol–water partition coefficient (Wildman–Crippen LogP) is 4.40. The van der Waals surface area contributed by atoms with Crippen molar-refractivity contribution in [1.82, 2.24) is 5.32 Å². The number of nitrogens with one attached hydrogen (secondary N) is 1. The first-order valence-electron chi connectivity index (χ1n) is 9.34. The van der Waals surface area contributed by atoms with Gasteiger partial charge in [-0.05, 0) is 57.6 Å². The third kappa shape index (κ3) is 4.78. The summed E-state index contributed by atoms with van der Waals surface area (Å²) in [6, 6.07) is 6.23. The average molecular weight is 362 g/mol. The van der Waals surface area contributed by atoms with Crippen molar-refractivity contribution in [3.05, 3.63) is 29.3 Å². The van der Waals surface area contributed by atoms with Crippen molar-refractivity contribution in [3.63, 3.8) is 0 Å². The van der Waals surface area contributed by atoms with Gasteiger partial charge in [0.15, 0.2) is 0 Å². The van der Waals surface area contributed by atoms with Crippen molar-refractivity contribution < 1.29 is 14.7 Å². The molecule has 2 aliphatic rings. The lowest BCUT2D eigenvalue weighted by atomic mass is 9.86. The van der Waals surface area contributed by atoms with Gasteiger partial charge in [-0.1, -0.05) is 24.5 Å². The van der Waals surface area contributed by atoms with Crippen molar-refractivity contribution in [1.29, 1.82) is 0 Å². The molecule has 0 saturated heterocycles. The van der Waals surface area contributed by atoms with Crippen LogP contribution in [0.1, 0.15) is 67.3 Å². The molecule has 4 nitrogen and oxygen atoms in total. The van der Waals surface area contributed by atoms with Gasteiger partial charge in [0, 0.05) is 16.2 Å². The highest BCUT2D eigenvalue weighted by molar-refractivity contribution is 8.00. The number of aliphatic carboxylic acids is 1. The average Bonchev–Trinajstić information content (AvgIpc) is 3.10. The highest BCUT2D eigenvalue weighted by atomic mass is 32.2. The summed E-state index contributed by atoms with van der Waals surface area (Å²) in [7, 11) is 0. The second kappa shape index (κ2) is 8.26. The van der Waals surface area contributed by atoms with E-state index in [-0.39, 0.29) is 17.9 Å². The third-order valence-electron chi connectivity index (χ3n) is 5.39. The molecule has 0 aliphatic heterocycles. The SMILES string of the molecule is Cc1ccc(SC2CCCC2)c(C(=O)NC2CCC(C(=O)O)CC2)c1. The fourth-order valence-corrected chi connectivity index (χ4v) is 5.21. The molecule has 0 bridgehead atoms. The van der Waals surface area contributed by atoms with Crippen molar-refractivity contribution in [2.45, 2.75) is 74.5 Å². The van der Waals surface area contributed by atoms with Crippen LogP contribution >= 0.6 is 11.8 Å². The number of hydrogen-bond acceptors (Lipinski definition) is 3. The summed E-state index contributed by atoms with van der Waals surface area (Å²) in [5, 5.41) is 12.9. The van der Waals surface area contributed by atoms with Gasteiger partial charge >= 0.3 is 5.97 Å². The second-order valence-electron chi connectivity index (χ2n) is 7.38. The molecule has 0 heterocycles. The number of rotatable bonds is 5. The number of hydrogen-bond donors (Lipinski definition) is 2. The van der Waals surface area contributed by atoms with Gasteiger partial charge in [0.05, 0.1) is 11.5 Å². The van der Waals surface area contributed by atoms with Crippen LogP contribution in [0.15, 0.2) is 23.1 Å². The van der Waals surface area contributed by atoms with E-state index in [1.807, 2.05) is 24.8 Å². The summed E-state index contributed by atoms with van der Waals surface area (Å²) in [6.45, 7) is 2.01. The van der Waals surface area contributed by atoms with Gasteiger partial charge in [0.25, 0.3) is 5.91 Å². The molecule has 2 fully saturated rings. The van der Waals surface area contributed by atoms with Crippen LogP contribution in [0.25, 0.3) is 0 Å². The minimum Gasteiger partial charge on any atom is -0.481 e. The first kappa shape index (κ1) is 18.3. The van der Waals surface area contributed by atoms with Crippen molar-refractivity contribution in [2.75, 3.05) is 0 Å². The zero-order chi connectivity index (χ0) is 17.8. The van der Waals surface area contributed by atoms with Crippen molar-refractivity contribution >= 4 is 23.6 Å². The summed E-state index contributed by atoms with van der Waals surface area (Å²) in [4.78, 5) is 25.0. The molecular formula is C20H27NO3S. The summed E-state index contributed by atoms with van der Waals surface area (Å²) < 4.78 is 0. The number of carboxylic acid groups (broad SMARTS) is 1. The molecule has 0 radical (unpaired) electrons. The molecule has 0 atom stereocenters.